The molecule has 1 unspecified atom stereocenters. The van der Waals surface area contributed by atoms with Crippen LogP contribution in [0.2, 0.25) is 5.02 Å². The fourth-order valence-electron chi connectivity index (χ4n) is 2.32. The van der Waals surface area contributed by atoms with Gasteiger partial charge in [0.25, 0.3) is 0 Å². The SMILES string of the molecule is Cc1cc(Cl)ccc1C(Cl)c1ccc2c(c1)OCCO2. The Balaban J connectivity index is 1.95. The molecule has 0 N–H and O–H groups in total. The minimum Gasteiger partial charge on any atom is -0.486 e. The molecule has 0 amide bonds. The highest BCUT2D eigenvalue weighted by Gasteiger charge is 2.18. The summed E-state index contributed by atoms with van der Waals surface area (Å²) in [5, 5.41) is 0.486. The Bertz CT molecular complexity index is 640. The first-order valence-electron chi connectivity index (χ1n) is 6.45. The van der Waals surface area contributed by atoms with Gasteiger partial charge < -0.3 is 9.47 Å². The lowest BCUT2D eigenvalue weighted by atomic mass is 9.99. The molecule has 2 aromatic carbocycles. The molecule has 1 aliphatic rings. The van der Waals surface area contributed by atoms with Crippen LogP contribution in [0.25, 0.3) is 0 Å². The summed E-state index contributed by atoms with van der Waals surface area (Å²) in [5.74, 6) is 1.53. The predicted molar refractivity (Wildman–Crippen MR) is 81.3 cm³/mol. The zero-order valence-electron chi connectivity index (χ0n) is 11.0. The summed E-state index contributed by atoms with van der Waals surface area (Å²) in [6, 6.07) is 11.6. The van der Waals surface area contributed by atoms with Crippen LogP contribution in [0.4, 0.5) is 0 Å². The van der Waals surface area contributed by atoms with E-state index in [-0.39, 0.29) is 5.38 Å². The molecule has 3 rings (SSSR count). The summed E-state index contributed by atoms with van der Waals surface area (Å²) in [6.07, 6.45) is 0. The fourth-order valence-corrected chi connectivity index (χ4v) is 2.93. The van der Waals surface area contributed by atoms with E-state index < -0.39 is 0 Å². The van der Waals surface area contributed by atoms with E-state index in [9.17, 15) is 0 Å². The van der Waals surface area contributed by atoms with E-state index in [2.05, 4.69) is 0 Å². The van der Waals surface area contributed by atoms with E-state index >= 15 is 0 Å². The van der Waals surface area contributed by atoms with Crippen molar-refractivity contribution in [1.82, 2.24) is 0 Å². The molecule has 0 aromatic heterocycles. The highest BCUT2D eigenvalue weighted by molar-refractivity contribution is 6.30. The van der Waals surface area contributed by atoms with Crippen molar-refractivity contribution >= 4 is 23.2 Å². The van der Waals surface area contributed by atoms with Gasteiger partial charge in [-0.3, -0.25) is 0 Å². The molecule has 20 heavy (non-hydrogen) atoms. The van der Waals surface area contributed by atoms with Crippen LogP contribution in [0.1, 0.15) is 22.1 Å². The number of rotatable bonds is 2. The molecule has 1 heterocycles. The molecule has 1 atom stereocenters. The molecule has 0 aliphatic carbocycles. The summed E-state index contributed by atoms with van der Waals surface area (Å²) in [7, 11) is 0. The van der Waals surface area contributed by atoms with Crippen molar-refractivity contribution in [2.75, 3.05) is 13.2 Å². The first kappa shape index (κ1) is 13.6. The van der Waals surface area contributed by atoms with Crippen LogP contribution in [0.5, 0.6) is 11.5 Å². The van der Waals surface area contributed by atoms with Gasteiger partial charge in [-0.2, -0.15) is 0 Å². The van der Waals surface area contributed by atoms with Crippen LogP contribution in [0, 0.1) is 6.92 Å². The number of halogens is 2. The first-order valence-corrected chi connectivity index (χ1v) is 7.26. The standard InChI is InChI=1S/C16H14Cl2O2/c1-10-8-12(17)3-4-13(10)16(18)11-2-5-14-15(9-11)20-7-6-19-14/h2-5,8-9,16H,6-7H2,1H3. The Labute approximate surface area is 128 Å². The quantitative estimate of drug-likeness (QED) is 0.745. The Morgan fingerprint density at radius 3 is 2.50 bits per heavy atom. The van der Waals surface area contributed by atoms with Gasteiger partial charge in [-0.15, -0.1) is 11.6 Å². The average molecular weight is 309 g/mol. The van der Waals surface area contributed by atoms with E-state index in [1.165, 1.54) is 0 Å². The highest BCUT2D eigenvalue weighted by atomic mass is 35.5. The molecule has 1 aliphatic heterocycles. The number of ether oxygens (including phenoxy) is 2. The van der Waals surface area contributed by atoms with E-state index in [0.29, 0.717) is 13.2 Å². The van der Waals surface area contributed by atoms with Crippen molar-refractivity contribution < 1.29 is 9.47 Å². The van der Waals surface area contributed by atoms with Crippen molar-refractivity contribution in [2.24, 2.45) is 0 Å². The van der Waals surface area contributed by atoms with Crippen LogP contribution < -0.4 is 9.47 Å². The maximum Gasteiger partial charge on any atom is 0.161 e. The van der Waals surface area contributed by atoms with Gasteiger partial charge in [-0.25, -0.2) is 0 Å². The van der Waals surface area contributed by atoms with Crippen LogP contribution >= 0.6 is 23.2 Å². The smallest absolute Gasteiger partial charge is 0.161 e. The molecule has 2 nitrogen and oxygen atoms in total. The lowest BCUT2D eigenvalue weighted by molar-refractivity contribution is 0.171. The van der Waals surface area contributed by atoms with Crippen molar-refractivity contribution in [2.45, 2.75) is 12.3 Å². The summed E-state index contributed by atoms with van der Waals surface area (Å²) >= 11 is 12.6. The van der Waals surface area contributed by atoms with Crippen LogP contribution in [0.3, 0.4) is 0 Å². The minimum atomic E-state index is -0.233. The van der Waals surface area contributed by atoms with E-state index in [4.69, 9.17) is 32.7 Å². The van der Waals surface area contributed by atoms with E-state index in [1.54, 1.807) is 0 Å². The number of hydrogen-bond acceptors (Lipinski definition) is 2. The van der Waals surface area contributed by atoms with Gasteiger partial charge in [-0.05, 0) is 47.9 Å². The largest absolute Gasteiger partial charge is 0.486 e. The number of hydrogen-bond donors (Lipinski definition) is 0. The van der Waals surface area contributed by atoms with Gasteiger partial charge >= 0.3 is 0 Å². The van der Waals surface area contributed by atoms with Crippen LogP contribution in [-0.2, 0) is 0 Å². The normalized spacial score (nSPS) is 14.9. The lowest BCUT2D eigenvalue weighted by Crippen LogP contribution is -2.15. The monoisotopic (exact) mass is 308 g/mol. The fraction of sp³-hybridized carbons (Fsp3) is 0.250. The molecular weight excluding hydrogens is 295 g/mol. The average Bonchev–Trinajstić information content (AvgIpc) is 2.46. The summed E-state index contributed by atoms with van der Waals surface area (Å²) in [6.45, 7) is 3.17. The van der Waals surface area contributed by atoms with Gasteiger partial charge in [-0.1, -0.05) is 23.7 Å². The highest BCUT2D eigenvalue weighted by Crippen LogP contribution is 2.38. The molecule has 4 heteroatoms. The molecule has 0 saturated heterocycles. The number of benzene rings is 2. The van der Waals surface area contributed by atoms with Gasteiger partial charge in [0.15, 0.2) is 11.5 Å². The Morgan fingerprint density at radius 2 is 1.75 bits per heavy atom. The molecule has 0 bridgehead atoms. The van der Waals surface area contributed by atoms with E-state index in [1.807, 2.05) is 43.3 Å². The van der Waals surface area contributed by atoms with E-state index in [0.717, 1.165) is 33.2 Å². The van der Waals surface area contributed by atoms with Gasteiger partial charge in [0.1, 0.15) is 13.2 Å². The van der Waals surface area contributed by atoms with Gasteiger partial charge in [0.2, 0.25) is 0 Å². The summed E-state index contributed by atoms with van der Waals surface area (Å²) in [5.41, 5.74) is 3.11. The van der Waals surface area contributed by atoms with Crippen LogP contribution in [0.15, 0.2) is 36.4 Å². The maximum absolute atomic E-state index is 6.59. The van der Waals surface area contributed by atoms with Crippen molar-refractivity contribution in [3.05, 3.63) is 58.1 Å². The zero-order chi connectivity index (χ0) is 14.1. The summed E-state index contributed by atoms with van der Waals surface area (Å²) < 4.78 is 11.1. The van der Waals surface area contributed by atoms with Crippen molar-refractivity contribution in [1.29, 1.82) is 0 Å². The van der Waals surface area contributed by atoms with Crippen LogP contribution in [-0.4, -0.2) is 13.2 Å². The summed E-state index contributed by atoms with van der Waals surface area (Å²) in [4.78, 5) is 0. The first-order chi connectivity index (χ1) is 9.65. The molecular formula is C16H14Cl2O2. The molecule has 0 spiro atoms. The third-order valence-electron chi connectivity index (χ3n) is 3.36. The lowest BCUT2D eigenvalue weighted by Gasteiger charge is -2.20. The molecule has 0 radical (unpaired) electrons. The minimum absolute atomic E-state index is 0.233. The third-order valence-corrected chi connectivity index (χ3v) is 4.09. The second-order valence-corrected chi connectivity index (χ2v) is 5.64. The second kappa shape index (κ2) is 5.55. The topological polar surface area (TPSA) is 18.5 Å². The van der Waals surface area contributed by atoms with Gasteiger partial charge in [0.05, 0.1) is 5.38 Å². The number of fused-ring (bicyclic) bond motifs is 1. The predicted octanol–water partition coefficient (Wildman–Crippen LogP) is 4.75. The van der Waals surface area contributed by atoms with Gasteiger partial charge in [0, 0.05) is 5.02 Å². The van der Waals surface area contributed by atoms with Crippen molar-refractivity contribution in [3.63, 3.8) is 0 Å². The number of alkyl halides is 1. The molecule has 104 valence electrons. The molecule has 0 fully saturated rings. The second-order valence-electron chi connectivity index (χ2n) is 4.77. The molecule has 0 saturated carbocycles. The molecule has 2 aromatic rings. The Kier molecular flexibility index (Phi) is 3.77. The number of aryl methyl sites for hydroxylation is 1. The Morgan fingerprint density at radius 1 is 1.00 bits per heavy atom. The third kappa shape index (κ3) is 2.58. The maximum atomic E-state index is 6.59. The van der Waals surface area contributed by atoms with Crippen molar-refractivity contribution in [3.8, 4) is 11.5 Å². The zero-order valence-corrected chi connectivity index (χ0v) is 12.5. The Hall–Kier alpha value is -1.38.